The van der Waals surface area contributed by atoms with Crippen LogP contribution in [0.15, 0.2) is 14.8 Å². The van der Waals surface area contributed by atoms with Crippen molar-refractivity contribution in [3.05, 3.63) is 33.7 Å². The zero-order valence-corrected chi connectivity index (χ0v) is 21.9. The van der Waals surface area contributed by atoms with E-state index >= 15 is 0 Å². The number of urea groups is 1. The van der Waals surface area contributed by atoms with Crippen LogP contribution in [0.1, 0.15) is 67.1 Å². The molecule has 0 aromatic carbocycles. The minimum atomic E-state index is -3.59. The normalized spacial score (nSPS) is 20.3. The summed E-state index contributed by atoms with van der Waals surface area (Å²) in [4.78, 5) is 22.0. The van der Waals surface area contributed by atoms with E-state index in [9.17, 15) is 14.1 Å². The Balaban J connectivity index is 1.59. The van der Waals surface area contributed by atoms with E-state index in [1.165, 1.54) is 13.1 Å². The van der Waals surface area contributed by atoms with Crippen LogP contribution in [-0.4, -0.2) is 50.2 Å². The molecule has 2 aromatic rings. The number of fused-ring (bicyclic) bond motifs is 2. The lowest BCUT2D eigenvalue weighted by atomic mass is 9.93. The third-order valence-electron chi connectivity index (χ3n) is 6.52. The largest absolute Gasteiger partial charge is 0.394 e. The zero-order chi connectivity index (χ0) is 25.4. The van der Waals surface area contributed by atoms with Crippen LogP contribution in [0, 0.1) is 5.92 Å². The van der Waals surface area contributed by atoms with E-state index in [2.05, 4.69) is 28.5 Å². The molecular formula is C23H33N5O5S2. The van der Waals surface area contributed by atoms with Crippen molar-refractivity contribution in [3.63, 3.8) is 0 Å². The third kappa shape index (κ3) is 5.42. The molecule has 2 aromatic heterocycles. The number of nitrogens with one attached hydrogen (secondary N) is 1. The summed E-state index contributed by atoms with van der Waals surface area (Å²) in [6.45, 7) is 5.64. The van der Waals surface area contributed by atoms with Crippen molar-refractivity contribution in [1.82, 2.24) is 9.97 Å². The molecule has 192 valence electrons. The lowest BCUT2D eigenvalue weighted by molar-refractivity contribution is -0.0447. The van der Waals surface area contributed by atoms with Gasteiger partial charge in [0.2, 0.25) is 0 Å². The molecule has 3 unspecified atom stereocenters. The van der Waals surface area contributed by atoms with E-state index in [0.717, 1.165) is 71.6 Å². The predicted molar refractivity (Wildman–Crippen MR) is 134 cm³/mol. The highest BCUT2D eigenvalue weighted by Crippen LogP contribution is 2.44. The van der Waals surface area contributed by atoms with Gasteiger partial charge in [0, 0.05) is 17.3 Å². The Bertz CT molecular complexity index is 1230. The number of hydrogen-bond acceptors (Lipinski definition) is 8. The SMILES string of the molecule is CC(C)C1CCc2c1nc1c(c2NC(=O)N=S(N)(=O)c2cnc(C(C)(O)COCCO)s2)CCC1. The van der Waals surface area contributed by atoms with Crippen LogP contribution in [0.3, 0.4) is 0 Å². The molecule has 12 heteroatoms. The number of aryl methyl sites for hydroxylation is 1. The minimum Gasteiger partial charge on any atom is -0.394 e. The fraction of sp³-hybridized carbons (Fsp3) is 0.609. The van der Waals surface area contributed by atoms with Crippen molar-refractivity contribution in [2.24, 2.45) is 15.4 Å². The number of carbonyl (C=O) groups excluding carboxylic acids is 1. The van der Waals surface area contributed by atoms with Gasteiger partial charge in [-0.15, -0.1) is 15.7 Å². The summed E-state index contributed by atoms with van der Waals surface area (Å²) < 4.78 is 22.2. The molecule has 0 saturated carbocycles. The van der Waals surface area contributed by atoms with Crippen LogP contribution in [0.25, 0.3) is 0 Å². The maximum absolute atomic E-state index is 13.2. The molecule has 0 spiro atoms. The molecule has 4 rings (SSSR count). The Kier molecular flexibility index (Phi) is 7.60. The average molecular weight is 524 g/mol. The first kappa shape index (κ1) is 26.1. The van der Waals surface area contributed by atoms with Gasteiger partial charge < -0.3 is 20.3 Å². The Hall–Kier alpha value is -1.96. The number of hydrogen-bond donors (Lipinski definition) is 4. The lowest BCUT2D eigenvalue weighted by Crippen LogP contribution is -2.28. The summed E-state index contributed by atoms with van der Waals surface area (Å²) >= 11 is 0.909. The first-order valence-electron chi connectivity index (χ1n) is 11.8. The maximum atomic E-state index is 13.2. The zero-order valence-electron chi connectivity index (χ0n) is 20.2. The topological polar surface area (TPSA) is 160 Å². The van der Waals surface area contributed by atoms with Gasteiger partial charge >= 0.3 is 6.03 Å². The van der Waals surface area contributed by atoms with Crippen molar-refractivity contribution in [1.29, 1.82) is 0 Å². The number of thiazole rings is 1. The number of pyridine rings is 1. The van der Waals surface area contributed by atoms with E-state index in [0.29, 0.717) is 11.8 Å². The van der Waals surface area contributed by atoms with Crippen molar-refractivity contribution < 1.29 is 24.0 Å². The number of carbonyl (C=O) groups is 1. The molecule has 0 fully saturated rings. The second-order valence-electron chi connectivity index (χ2n) is 9.64. The van der Waals surface area contributed by atoms with E-state index in [4.69, 9.17) is 20.0 Å². The van der Waals surface area contributed by atoms with E-state index in [1.54, 1.807) is 0 Å². The van der Waals surface area contributed by atoms with Crippen molar-refractivity contribution in [2.75, 3.05) is 25.1 Å². The van der Waals surface area contributed by atoms with Gasteiger partial charge in [-0.1, -0.05) is 13.8 Å². The minimum absolute atomic E-state index is 0.0673. The van der Waals surface area contributed by atoms with Crippen LogP contribution in [0.4, 0.5) is 10.5 Å². The summed E-state index contributed by atoms with van der Waals surface area (Å²) in [5, 5.41) is 28.5. The Morgan fingerprint density at radius 2 is 2.17 bits per heavy atom. The number of ether oxygens (including phenoxy) is 1. The first-order chi connectivity index (χ1) is 16.5. The summed E-state index contributed by atoms with van der Waals surface area (Å²) in [5.41, 5.74) is 3.46. The molecule has 5 N–H and O–H groups in total. The van der Waals surface area contributed by atoms with Gasteiger partial charge in [-0.3, -0.25) is 4.98 Å². The van der Waals surface area contributed by atoms with E-state index in [-0.39, 0.29) is 29.0 Å². The van der Waals surface area contributed by atoms with Gasteiger partial charge in [-0.05, 0) is 56.1 Å². The molecule has 2 amide bonds. The number of nitrogens with two attached hydrogens (primary N) is 1. The second-order valence-corrected chi connectivity index (χ2v) is 12.7. The molecule has 0 bridgehead atoms. The highest BCUT2D eigenvalue weighted by atomic mass is 32.2. The van der Waals surface area contributed by atoms with E-state index < -0.39 is 21.5 Å². The Morgan fingerprint density at radius 1 is 1.40 bits per heavy atom. The summed E-state index contributed by atoms with van der Waals surface area (Å²) in [6, 6.07) is -0.777. The van der Waals surface area contributed by atoms with Gasteiger partial charge in [0.05, 0.1) is 31.7 Å². The van der Waals surface area contributed by atoms with Gasteiger partial charge in [0.15, 0.2) is 9.92 Å². The number of aromatic nitrogens is 2. The summed E-state index contributed by atoms with van der Waals surface area (Å²) in [7, 11) is -3.59. The molecule has 0 aliphatic heterocycles. The number of amides is 2. The second kappa shape index (κ2) is 10.2. The quantitative estimate of drug-likeness (QED) is 0.387. The van der Waals surface area contributed by atoms with Crippen LogP contribution in [-0.2, 0) is 39.5 Å². The third-order valence-corrected chi connectivity index (χ3v) is 9.65. The molecule has 35 heavy (non-hydrogen) atoms. The first-order valence-corrected chi connectivity index (χ1v) is 14.2. The molecule has 0 radical (unpaired) electrons. The highest BCUT2D eigenvalue weighted by molar-refractivity contribution is 7.93. The molecule has 2 aliphatic carbocycles. The fourth-order valence-electron chi connectivity index (χ4n) is 4.78. The van der Waals surface area contributed by atoms with Gasteiger partial charge in [0.1, 0.15) is 14.8 Å². The monoisotopic (exact) mass is 523 g/mol. The van der Waals surface area contributed by atoms with Gasteiger partial charge in [0.25, 0.3) is 0 Å². The number of anilines is 1. The lowest BCUT2D eigenvalue weighted by Gasteiger charge is -2.20. The Labute approximate surface area is 209 Å². The molecule has 2 aliphatic rings. The smallest absolute Gasteiger partial charge is 0.354 e. The van der Waals surface area contributed by atoms with Gasteiger partial charge in [-0.2, -0.15) is 0 Å². The number of aliphatic hydroxyl groups excluding tert-OH is 1. The van der Waals surface area contributed by atoms with Crippen LogP contribution >= 0.6 is 11.3 Å². The van der Waals surface area contributed by atoms with Crippen molar-refractivity contribution in [3.8, 4) is 0 Å². The van der Waals surface area contributed by atoms with E-state index in [1.807, 2.05) is 0 Å². The molecule has 0 saturated heterocycles. The van der Waals surface area contributed by atoms with Crippen molar-refractivity contribution in [2.45, 2.75) is 68.6 Å². The fourth-order valence-corrected chi connectivity index (χ4v) is 6.87. The number of rotatable bonds is 8. The summed E-state index contributed by atoms with van der Waals surface area (Å²) in [6.07, 6.45) is 5.78. The molecule has 3 atom stereocenters. The van der Waals surface area contributed by atoms with Crippen LogP contribution in [0.2, 0.25) is 0 Å². The number of aliphatic hydroxyl groups is 2. The molecule has 2 heterocycles. The standard InChI is InChI=1S/C23H33N5O5S2/c1-13(2)14-7-8-16-19(14)26-17-6-4-5-15(17)20(16)27-22(30)28-35(24,32)18-11-25-21(34-18)23(3,31)12-33-10-9-29/h11,13-14,29,31H,4-10,12H2,1-3H3,(H3,24,26,27,28,30,32). The number of nitrogens with zero attached hydrogens (tertiary/aromatic N) is 3. The van der Waals surface area contributed by atoms with Crippen molar-refractivity contribution >= 4 is 33.0 Å². The maximum Gasteiger partial charge on any atom is 0.354 e. The predicted octanol–water partition coefficient (Wildman–Crippen LogP) is 2.86. The van der Waals surface area contributed by atoms with Crippen LogP contribution < -0.4 is 10.5 Å². The molecule has 10 nitrogen and oxygen atoms in total. The molecular weight excluding hydrogens is 490 g/mol. The Morgan fingerprint density at radius 3 is 2.89 bits per heavy atom. The van der Waals surface area contributed by atoms with Gasteiger partial charge in [-0.25, -0.2) is 19.1 Å². The summed E-state index contributed by atoms with van der Waals surface area (Å²) in [5.74, 6) is 0.804. The van der Waals surface area contributed by atoms with Crippen LogP contribution in [0.5, 0.6) is 0 Å². The average Bonchev–Trinajstić information content (AvgIpc) is 3.52. The highest BCUT2D eigenvalue weighted by Gasteiger charge is 2.33.